The van der Waals surface area contributed by atoms with Crippen molar-refractivity contribution >= 4 is 11.9 Å². The van der Waals surface area contributed by atoms with Crippen LogP contribution in [-0.4, -0.2) is 60.8 Å². The topological polar surface area (TPSA) is 102 Å². The van der Waals surface area contributed by atoms with Gasteiger partial charge in [-0.25, -0.2) is 0 Å². The average Bonchev–Trinajstić information content (AvgIpc) is 3.11. The molecule has 0 saturated heterocycles. The number of methoxy groups -OCH3 is 1. The Kier molecular flexibility index (Phi) is 36.4. The van der Waals surface area contributed by atoms with Crippen LogP contribution in [-0.2, 0) is 23.8 Å². The van der Waals surface area contributed by atoms with Gasteiger partial charge in [0.15, 0.2) is 6.10 Å². The van der Waals surface area contributed by atoms with Gasteiger partial charge in [-0.05, 0) is 64.2 Å². The summed E-state index contributed by atoms with van der Waals surface area (Å²) in [5.41, 5.74) is 0. The Balaban J connectivity index is 3.86. The van der Waals surface area contributed by atoms with E-state index in [0.29, 0.717) is 12.8 Å². The number of allylic oxidation sites excluding steroid dienone is 10. The smallest absolute Gasteiger partial charge is 0.306 e. The lowest BCUT2D eigenvalue weighted by molar-refractivity contribution is -0.162. The third kappa shape index (κ3) is 36.8. The molecule has 0 aromatic rings. The van der Waals surface area contributed by atoms with Crippen molar-refractivity contribution in [2.75, 3.05) is 20.3 Å². The van der Waals surface area contributed by atoms with Gasteiger partial charge in [-0.3, -0.25) is 9.59 Å². The van der Waals surface area contributed by atoms with Crippen molar-refractivity contribution in [1.29, 1.82) is 0 Å². The second kappa shape index (κ2) is 38.5. The van der Waals surface area contributed by atoms with Crippen molar-refractivity contribution in [2.45, 2.75) is 173 Å². The van der Waals surface area contributed by atoms with E-state index < -0.39 is 6.10 Å². The number of carbonyl (C=O) groups is 2. The summed E-state index contributed by atoms with van der Waals surface area (Å²) in [5, 5.41) is 19.7. The molecule has 0 fully saturated rings. The maximum atomic E-state index is 12.3. The number of aliphatic hydroxyl groups is 2. The summed E-state index contributed by atoms with van der Waals surface area (Å²) in [4.78, 5) is 24.5. The number of rotatable bonds is 35. The molecule has 51 heavy (non-hydrogen) atoms. The fourth-order valence-electron chi connectivity index (χ4n) is 5.26. The molecule has 292 valence electrons. The summed E-state index contributed by atoms with van der Waals surface area (Å²) in [5.74, 6) is -0.548. The second-order valence-corrected chi connectivity index (χ2v) is 13.3. The minimum atomic E-state index is -0.586. The molecule has 0 radical (unpaired) electrons. The first-order chi connectivity index (χ1) is 24.9. The molecular weight excluding hydrogens is 640 g/mol. The van der Waals surface area contributed by atoms with Crippen LogP contribution in [0.3, 0.4) is 0 Å². The Morgan fingerprint density at radius 1 is 0.549 bits per heavy atom. The van der Waals surface area contributed by atoms with Crippen molar-refractivity contribution in [3.8, 4) is 0 Å². The molecular formula is C44H74O7. The average molecular weight is 715 g/mol. The van der Waals surface area contributed by atoms with E-state index in [0.717, 1.165) is 103 Å². The first-order valence-electron chi connectivity index (χ1n) is 20.1. The number of ether oxygens (including phenoxy) is 3. The van der Waals surface area contributed by atoms with Gasteiger partial charge in [-0.1, -0.05) is 151 Å². The van der Waals surface area contributed by atoms with Gasteiger partial charge in [0.25, 0.3) is 0 Å². The Hall–Kier alpha value is -2.74. The summed E-state index contributed by atoms with van der Waals surface area (Å²) in [6, 6.07) is 0. The van der Waals surface area contributed by atoms with Crippen LogP contribution in [0.4, 0.5) is 0 Å². The summed E-state index contributed by atoms with van der Waals surface area (Å²) < 4.78 is 16.1. The predicted molar refractivity (Wildman–Crippen MR) is 212 cm³/mol. The van der Waals surface area contributed by atoms with Crippen molar-refractivity contribution in [1.82, 2.24) is 0 Å². The third-order valence-corrected chi connectivity index (χ3v) is 8.33. The SMILES string of the molecule is CCCCCC(O)/C=C/C=C\C/C=C\CCCCCCC(=O)OCC(COC)OC(=O)CCCCCC/C=C\C/C=C\C=C\C(O)CCCCC. The molecule has 0 spiro atoms. The molecule has 0 bridgehead atoms. The van der Waals surface area contributed by atoms with E-state index in [1.807, 2.05) is 36.5 Å². The monoisotopic (exact) mass is 715 g/mol. The number of carbonyl (C=O) groups excluding carboxylic acids is 2. The Bertz CT molecular complexity index is 978. The van der Waals surface area contributed by atoms with Crippen LogP contribution in [0.1, 0.15) is 155 Å². The molecule has 0 amide bonds. The lowest BCUT2D eigenvalue weighted by Crippen LogP contribution is -2.29. The Labute approximate surface area is 312 Å². The molecule has 3 unspecified atom stereocenters. The van der Waals surface area contributed by atoms with Gasteiger partial charge in [-0.2, -0.15) is 0 Å². The molecule has 0 aliphatic heterocycles. The van der Waals surface area contributed by atoms with Crippen LogP contribution in [0.5, 0.6) is 0 Å². The van der Waals surface area contributed by atoms with Gasteiger partial charge < -0.3 is 24.4 Å². The van der Waals surface area contributed by atoms with Crippen molar-refractivity contribution in [2.24, 2.45) is 0 Å². The van der Waals surface area contributed by atoms with Crippen LogP contribution < -0.4 is 0 Å². The number of hydrogen-bond donors (Lipinski definition) is 2. The molecule has 3 atom stereocenters. The third-order valence-electron chi connectivity index (χ3n) is 8.33. The van der Waals surface area contributed by atoms with Gasteiger partial charge in [0.05, 0.1) is 18.8 Å². The summed E-state index contributed by atoms with van der Waals surface area (Å²) >= 11 is 0. The lowest BCUT2D eigenvalue weighted by atomic mass is 10.1. The summed E-state index contributed by atoms with van der Waals surface area (Å²) in [6.07, 6.45) is 43.9. The summed E-state index contributed by atoms with van der Waals surface area (Å²) in [6.45, 7) is 4.54. The minimum absolute atomic E-state index is 0.0196. The fourth-order valence-corrected chi connectivity index (χ4v) is 5.26. The van der Waals surface area contributed by atoms with Gasteiger partial charge in [0.1, 0.15) is 6.61 Å². The molecule has 0 aromatic carbocycles. The zero-order chi connectivity index (χ0) is 37.5. The molecule has 0 aromatic heterocycles. The predicted octanol–water partition coefficient (Wildman–Crippen LogP) is 10.8. The number of esters is 2. The molecule has 7 nitrogen and oxygen atoms in total. The highest BCUT2D eigenvalue weighted by Gasteiger charge is 2.17. The van der Waals surface area contributed by atoms with Crippen molar-refractivity contribution in [3.05, 3.63) is 72.9 Å². The number of unbranched alkanes of at least 4 members (excludes halogenated alkanes) is 12. The fraction of sp³-hybridized carbons (Fsp3) is 0.682. The lowest BCUT2D eigenvalue weighted by Gasteiger charge is -2.17. The molecule has 2 N–H and O–H groups in total. The highest BCUT2D eigenvalue weighted by molar-refractivity contribution is 5.70. The van der Waals surface area contributed by atoms with Crippen molar-refractivity contribution < 1.29 is 34.0 Å². The van der Waals surface area contributed by atoms with Gasteiger partial charge in [0, 0.05) is 20.0 Å². The zero-order valence-corrected chi connectivity index (χ0v) is 32.6. The molecule has 0 aliphatic rings. The molecule has 0 heterocycles. The van der Waals surface area contributed by atoms with E-state index in [4.69, 9.17) is 14.2 Å². The van der Waals surface area contributed by atoms with Crippen LogP contribution in [0, 0.1) is 0 Å². The Morgan fingerprint density at radius 3 is 1.53 bits per heavy atom. The molecule has 7 heteroatoms. The van der Waals surface area contributed by atoms with Crippen LogP contribution in [0.25, 0.3) is 0 Å². The van der Waals surface area contributed by atoms with E-state index in [9.17, 15) is 19.8 Å². The highest BCUT2D eigenvalue weighted by Crippen LogP contribution is 2.11. The number of hydrogen-bond acceptors (Lipinski definition) is 7. The second-order valence-electron chi connectivity index (χ2n) is 13.3. The molecule has 0 saturated carbocycles. The van der Waals surface area contributed by atoms with E-state index in [-0.39, 0.29) is 37.4 Å². The van der Waals surface area contributed by atoms with E-state index in [2.05, 4.69) is 50.3 Å². The van der Waals surface area contributed by atoms with Crippen LogP contribution in [0.15, 0.2) is 72.9 Å². The maximum Gasteiger partial charge on any atom is 0.306 e. The van der Waals surface area contributed by atoms with E-state index in [1.54, 1.807) is 7.11 Å². The van der Waals surface area contributed by atoms with Crippen LogP contribution in [0.2, 0.25) is 0 Å². The quantitative estimate of drug-likeness (QED) is 0.0291. The summed E-state index contributed by atoms with van der Waals surface area (Å²) in [7, 11) is 1.54. The van der Waals surface area contributed by atoms with Gasteiger partial charge >= 0.3 is 11.9 Å². The first-order valence-corrected chi connectivity index (χ1v) is 20.1. The highest BCUT2D eigenvalue weighted by atomic mass is 16.6. The molecule has 0 rings (SSSR count). The largest absolute Gasteiger partial charge is 0.462 e. The molecule has 0 aliphatic carbocycles. The Morgan fingerprint density at radius 2 is 1.04 bits per heavy atom. The standard InChI is InChI=1S/C44H74O7/c1-4-6-26-32-40(45)34-28-22-18-14-10-8-12-16-20-24-30-36-43(47)50-39-42(38-49-3)51-44(48)37-31-25-21-17-13-9-11-15-19-23-29-35-41(46)33-27-7-5-2/h8-11,18-19,22-23,28-29,34-35,40-42,45-46H,4-7,12-17,20-21,24-27,30-33,36-39H2,1-3H3/b10-8-,11-9-,22-18-,23-19-,34-28+,35-29+. The van der Waals surface area contributed by atoms with Gasteiger partial charge in [0.2, 0.25) is 0 Å². The van der Waals surface area contributed by atoms with Crippen LogP contribution >= 0.6 is 0 Å². The van der Waals surface area contributed by atoms with E-state index >= 15 is 0 Å². The van der Waals surface area contributed by atoms with E-state index in [1.165, 1.54) is 25.7 Å². The normalized spacial score (nSPS) is 14.2. The zero-order valence-electron chi connectivity index (χ0n) is 32.6. The van der Waals surface area contributed by atoms with Crippen molar-refractivity contribution in [3.63, 3.8) is 0 Å². The number of aliphatic hydroxyl groups excluding tert-OH is 2. The van der Waals surface area contributed by atoms with Gasteiger partial charge in [-0.15, -0.1) is 0 Å². The minimum Gasteiger partial charge on any atom is -0.462 e. The first kappa shape index (κ1) is 48.3. The maximum absolute atomic E-state index is 12.3.